The van der Waals surface area contributed by atoms with Crippen LogP contribution in [-0.4, -0.2) is 29.3 Å². The highest BCUT2D eigenvalue weighted by molar-refractivity contribution is 7.89. The number of amides is 1. The molecule has 0 bridgehead atoms. The molecule has 1 atom stereocenters. The van der Waals surface area contributed by atoms with Crippen LogP contribution in [0.4, 0.5) is 13.2 Å². The summed E-state index contributed by atoms with van der Waals surface area (Å²) in [6, 6.07) is 9.30. The number of halogens is 5. The van der Waals surface area contributed by atoms with Gasteiger partial charge in [0.25, 0.3) is 0 Å². The van der Waals surface area contributed by atoms with Gasteiger partial charge in [-0.25, -0.2) is 8.42 Å². The van der Waals surface area contributed by atoms with Gasteiger partial charge in [-0.05, 0) is 48.7 Å². The third-order valence-electron chi connectivity index (χ3n) is 5.59. The predicted molar refractivity (Wildman–Crippen MR) is 124 cm³/mol. The molecule has 1 N–H and O–H groups in total. The summed E-state index contributed by atoms with van der Waals surface area (Å²) in [5, 5.41) is 3.33. The number of nitrogens with zero attached hydrogens (tertiary/aromatic N) is 2. The van der Waals surface area contributed by atoms with Gasteiger partial charge in [0.2, 0.25) is 15.9 Å². The van der Waals surface area contributed by atoms with Gasteiger partial charge in [-0.2, -0.15) is 17.3 Å². The van der Waals surface area contributed by atoms with E-state index in [1.54, 1.807) is 31.3 Å². The van der Waals surface area contributed by atoms with Crippen LogP contribution in [0.3, 0.4) is 0 Å². The molecule has 3 aromatic rings. The Kier molecular flexibility index (Phi) is 7.45. The summed E-state index contributed by atoms with van der Waals surface area (Å²) in [6.07, 6.45) is -0.190. The molecule has 0 spiro atoms. The predicted octanol–water partition coefficient (Wildman–Crippen LogP) is 5.09. The van der Waals surface area contributed by atoms with Crippen molar-refractivity contribution in [1.82, 2.24) is 14.1 Å². The van der Waals surface area contributed by atoms with Crippen LogP contribution in [0.15, 0.2) is 54.9 Å². The number of alkyl halides is 3. The first-order valence-electron chi connectivity index (χ1n) is 10.1. The lowest BCUT2D eigenvalue weighted by atomic mass is 9.78. The topological polar surface area (TPSA) is 73.1 Å². The summed E-state index contributed by atoms with van der Waals surface area (Å²) in [4.78, 5) is 13.3. The third-order valence-corrected chi connectivity index (χ3v) is 7.34. The third kappa shape index (κ3) is 5.79. The molecule has 3 rings (SSSR count). The smallest absolute Gasteiger partial charge is 0.351 e. The highest BCUT2D eigenvalue weighted by Crippen LogP contribution is 2.34. The molecule has 1 amide bonds. The average Bonchev–Trinajstić information content (AvgIpc) is 2.71. The van der Waals surface area contributed by atoms with Crippen LogP contribution < -0.4 is 5.32 Å². The summed E-state index contributed by atoms with van der Waals surface area (Å²) in [7, 11) is -3.49. The molecular weight excluding hydrogens is 514 g/mol. The number of hydrogen-bond acceptors (Lipinski definition) is 3. The van der Waals surface area contributed by atoms with Crippen molar-refractivity contribution in [2.24, 2.45) is 0 Å². The largest absolute Gasteiger partial charge is 0.416 e. The Morgan fingerprint density at radius 3 is 2.12 bits per heavy atom. The van der Waals surface area contributed by atoms with Crippen molar-refractivity contribution in [1.29, 1.82) is 0 Å². The van der Waals surface area contributed by atoms with Crippen molar-refractivity contribution < 1.29 is 26.4 Å². The summed E-state index contributed by atoms with van der Waals surface area (Å²) >= 11 is 12.2. The van der Waals surface area contributed by atoms with E-state index in [2.05, 4.69) is 5.32 Å². The van der Waals surface area contributed by atoms with Crippen LogP contribution in [0.5, 0.6) is 0 Å². The number of carbonyl (C=O) groups is 1. The average molecular weight is 536 g/mol. The first-order chi connectivity index (χ1) is 15.7. The Bertz CT molecular complexity index is 1280. The molecule has 0 aliphatic rings. The monoisotopic (exact) mass is 535 g/mol. The minimum Gasteiger partial charge on any atom is -0.351 e. The van der Waals surface area contributed by atoms with E-state index in [-0.39, 0.29) is 24.5 Å². The normalized spacial score (nSPS) is 14.1. The van der Waals surface area contributed by atoms with E-state index in [1.807, 2.05) is 0 Å². The molecule has 0 saturated heterocycles. The fraction of sp³-hybridized carbons (Fsp3) is 0.318. The van der Waals surface area contributed by atoms with Gasteiger partial charge in [0.05, 0.1) is 33.5 Å². The molecule has 1 aromatic heterocycles. The van der Waals surface area contributed by atoms with Crippen LogP contribution in [0.25, 0.3) is 0 Å². The van der Waals surface area contributed by atoms with E-state index in [0.29, 0.717) is 16.1 Å². The van der Waals surface area contributed by atoms with Crippen LogP contribution in [0.2, 0.25) is 10.0 Å². The lowest BCUT2D eigenvalue weighted by Gasteiger charge is -2.31. The van der Waals surface area contributed by atoms with E-state index >= 15 is 0 Å². The van der Waals surface area contributed by atoms with Gasteiger partial charge >= 0.3 is 6.18 Å². The zero-order valence-electron chi connectivity index (χ0n) is 18.2. The fourth-order valence-corrected chi connectivity index (χ4v) is 4.54. The van der Waals surface area contributed by atoms with Gasteiger partial charge in [-0.15, -0.1) is 0 Å². The molecule has 6 nitrogen and oxygen atoms in total. The molecule has 0 fully saturated rings. The molecule has 0 aliphatic carbocycles. The van der Waals surface area contributed by atoms with Gasteiger partial charge in [0, 0.05) is 19.3 Å². The Balaban J connectivity index is 1.82. The van der Waals surface area contributed by atoms with E-state index in [1.165, 1.54) is 23.0 Å². The molecule has 0 saturated carbocycles. The van der Waals surface area contributed by atoms with Crippen molar-refractivity contribution in [3.63, 3.8) is 0 Å². The van der Waals surface area contributed by atoms with Gasteiger partial charge in [-0.1, -0.05) is 41.4 Å². The number of rotatable bonds is 8. The number of carbonyl (C=O) groups excluding carboxylic acids is 1. The van der Waals surface area contributed by atoms with E-state index in [0.717, 1.165) is 22.5 Å². The Morgan fingerprint density at radius 2 is 1.62 bits per heavy atom. The minimum atomic E-state index is -4.45. The molecule has 0 aliphatic heterocycles. The van der Waals surface area contributed by atoms with Gasteiger partial charge in [0.15, 0.2) is 0 Å². The number of hydrogen-bond donors (Lipinski definition) is 1. The molecule has 34 heavy (non-hydrogen) atoms. The van der Waals surface area contributed by atoms with Gasteiger partial charge in [0.1, 0.15) is 0 Å². The molecule has 0 radical (unpaired) electrons. The summed E-state index contributed by atoms with van der Waals surface area (Å²) in [5.41, 5.74) is -0.873. The molecule has 184 valence electrons. The minimum absolute atomic E-state index is 0.00691. The summed E-state index contributed by atoms with van der Waals surface area (Å²) < 4.78 is 64.6. The maximum absolute atomic E-state index is 13.3. The van der Waals surface area contributed by atoms with Crippen molar-refractivity contribution >= 4 is 39.1 Å². The Morgan fingerprint density at radius 1 is 1.00 bits per heavy atom. The van der Waals surface area contributed by atoms with Crippen molar-refractivity contribution in [2.75, 3.05) is 6.26 Å². The lowest BCUT2D eigenvalue weighted by molar-refractivity contribution is -0.137. The van der Waals surface area contributed by atoms with Crippen LogP contribution >= 0.6 is 23.2 Å². The van der Waals surface area contributed by atoms with Gasteiger partial charge < -0.3 is 5.32 Å². The highest BCUT2D eigenvalue weighted by Gasteiger charge is 2.36. The van der Waals surface area contributed by atoms with Crippen LogP contribution in [-0.2, 0) is 39.5 Å². The number of nitrogens with one attached hydrogen (secondary N) is 1. The zero-order valence-corrected chi connectivity index (χ0v) is 20.6. The lowest BCUT2D eigenvalue weighted by Crippen LogP contribution is -2.43. The fourth-order valence-electron chi connectivity index (χ4n) is 3.44. The number of aryl methyl sites for hydroxylation is 1. The second kappa shape index (κ2) is 9.67. The maximum Gasteiger partial charge on any atom is 0.416 e. The molecule has 1 unspecified atom stereocenters. The first kappa shape index (κ1) is 26.2. The number of benzene rings is 2. The van der Waals surface area contributed by atoms with Crippen molar-refractivity contribution in [2.45, 2.75) is 38.0 Å². The van der Waals surface area contributed by atoms with Crippen LogP contribution in [0.1, 0.15) is 30.0 Å². The van der Waals surface area contributed by atoms with E-state index in [4.69, 9.17) is 23.2 Å². The Hall–Kier alpha value is -2.43. The van der Waals surface area contributed by atoms with Crippen LogP contribution in [0, 0.1) is 0 Å². The highest BCUT2D eigenvalue weighted by atomic mass is 35.5. The van der Waals surface area contributed by atoms with E-state index < -0.39 is 33.1 Å². The standard InChI is InChI=1S/C22H22Cl2F3N3O3S/c1-21(17-7-8-18(23)19(24)13-17,9-10-29-11-12-30(29)34(2,32)33)20(31)28-14-15-3-5-16(6-4-15)22(25,26)27/h3-8,11-13H,9-10,14H2,1-2H3,(H,28,31). The second-order valence-corrected chi connectivity index (χ2v) is 10.7. The first-order valence-corrected chi connectivity index (χ1v) is 12.7. The molecular formula is C22H22Cl2F3N3O3S. The zero-order chi connectivity index (χ0) is 25.3. The Labute approximate surface area is 205 Å². The summed E-state index contributed by atoms with van der Waals surface area (Å²) in [6.45, 7) is 1.89. The quantitative estimate of drug-likeness (QED) is 0.436. The molecule has 1 heterocycles. The SMILES string of the molecule is CC(CCn1ccn1S(C)(=O)=O)(C(=O)NCc1ccc(C(F)(F)F)cc1)c1ccc(Cl)c(Cl)c1. The second-order valence-electron chi connectivity index (χ2n) is 8.09. The van der Waals surface area contributed by atoms with Gasteiger partial charge in [-0.3, -0.25) is 9.48 Å². The van der Waals surface area contributed by atoms with E-state index in [9.17, 15) is 26.4 Å². The summed E-state index contributed by atoms with van der Waals surface area (Å²) in [5.74, 6) is -0.402. The molecule has 12 heteroatoms. The van der Waals surface area contributed by atoms with Crippen molar-refractivity contribution in [3.05, 3.63) is 81.6 Å². The maximum atomic E-state index is 13.3. The number of aromatic nitrogens is 2. The van der Waals surface area contributed by atoms with Crippen molar-refractivity contribution in [3.8, 4) is 0 Å². The molecule has 2 aromatic carbocycles.